The predicted octanol–water partition coefficient (Wildman–Crippen LogP) is 6.88. The molecule has 2 aliphatic heterocycles. The first kappa shape index (κ1) is 34.9. The van der Waals surface area contributed by atoms with E-state index in [2.05, 4.69) is 21.4 Å². The van der Waals surface area contributed by atoms with Crippen LogP contribution in [-0.4, -0.2) is 53.5 Å². The number of aromatic nitrogens is 1. The van der Waals surface area contributed by atoms with Gasteiger partial charge in [0.1, 0.15) is 11.3 Å². The Hall–Kier alpha value is -6.55. The van der Waals surface area contributed by atoms with E-state index >= 15 is 0 Å². The summed E-state index contributed by atoms with van der Waals surface area (Å²) >= 11 is 0. The van der Waals surface area contributed by atoms with Gasteiger partial charge in [-0.2, -0.15) is 0 Å². The first-order valence-corrected chi connectivity index (χ1v) is 17.4. The van der Waals surface area contributed by atoms with Gasteiger partial charge >= 0.3 is 5.97 Å². The maximum absolute atomic E-state index is 13.5. The van der Waals surface area contributed by atoms with Crippen molar-refractivity contribution in [2.24, 2.45) is 4.99 Å². The molecular weight excluding hydrogens is 668 g/mol. The van der Waals surface area contributed by atoms with E-state index in [0.717, 1.165) is 40.1 Å². The van der Waals surface area contributed by atoms with E-state index in [1.54, 1.807) is 62.0 Å². The number of nitrogens with one attached hydrogen (secondary N) is 2. The third-order valence-corrected chi connectivity index (χ3v) is 9.83. The number of aliphatic carboxylic acids is 1. The number of nitrogens with zero attached hydrogens (tertiary/aromatic N) is 2. The van der Waals surface area contributed by atoms with Crippen LogP contribution in [-0.2, 0) is 28.0 Å². The average Bonchev–Trinajstić information content (AvgIpc) is 3.94. The number of aliphatic imine (C=N–C) groups is 1. The Balaban J connectivity index is 1.02. The number of ether oxygens (including phenoxy) is 1. The zero-order valence-electron chi connectivity index (χ0n) is 29.3. The predicted molar refractivity (Wildman–Crippen MR) is 203 cm³/mol. The molecule has 0 fully saturated rings. The monoisotopic (exact) mass is 706 g/mol. The topological polar surface area (TPSA) is 141 Å². The highest BCUT2D eigenvalue weighted by Gasteiger charge is 2.30. The molecule has 3 heterocycles. The van der Waals surface area contributed by atoms with E-state index in [1.807, 2.05) is 72.5 Å². The summed E-state index contributed by atoms with van der Waals surface area (Å²) in [4.78, 5) is 61.0. The molecule has 0 saturated carbocycles. The number of fused-ring (bicyclic) bond motifs is 1. The molecule has 0 radical (unpaired) electrons. The van der Waals surface area contributed by atoms with Crippen molar-refractivity contribution >= 4 is 35.5 Å². The lowest BCUT2D eigenvalue weighted by Gasteiger charge is -2.22. The van der Waals surface area contributed by atoms with Crippen molar-refractivity contribution in [1.29, 1.82) is 0 Å². The minimum atomic E-state index is -1.03. The van der Waals surface area contributed by atoms with E-state index < -0.39 is 17.6 Å². The second-order valence-corrected chi connectivity index (χ2v) is 13.4. The summed E-state index contributed by atoms with van der Waals surface area (Å²) in [5.74, 6) is -0.993. The molecule has 3 N–H and O–H groups in total. The summed E-state index contributed by atoms with van der Waals surface area (Å²) < 4.78 is 5.72. The van der Waals surface area contributed by atoms with E-state index in [1.165, 1.54) is 0 Å². The number of carboxylic acids is 1. The fourth-order valence-corrected chi connectivity index (χ4v) is 6.94. The van der Waals surface area contributed by atoms with Crippen molar-refractivity contribution in [3.8, 4) is 17.0 Å². The van der Waals surface area contributed by atoms with Crippen LogP contribution in [0.25, 0.3) is 11.3 Å². The van der Waals surface area contributed by atoms with Crippen LogP contribution in [0.5, 0.6) is 5.75 Å². The quantitative estimate of drug-likeness (QED) is 0.129. The molecule has 2 aliphatic rings. The van der Waals surface area contributed by atoms with Gasteiger partial charge < -0.3 is 25.0 Å². The normalized spacial score (nSPS) is 16.5. The molecule has 0 spiro atoms. The fraction of sp³-hybridized carbons (Fsp3) is 0.186. The summed E-state index contributed by atoms with van der Waals surface area (Å²) in [6.07, 6.45) is 5.81. The maximum Gasteiger partial charge on any atom is 0.305 e. The van der Waals surface area contributed by atoms with Gasteiger partial charge in [0.25, 0.3) is 11.8 Å². The Morgan fingerprint density at radius 1 is 0.943 bits per heavy atom. The molecule has 4 aromatic carbocycles. The summed E-state index contributed by atoms with van der Waals surface area (Å²) in [7, 11) is 1.57. The number of ketones is 1. The molecule has 2 unspecified atom stereocenters. The molecule has 2 atom stereocenters. The van der Waals surface area contributed by atoms with E-state index in [-0.39, 0.29) is 30.4 Å². The number of carbonyl (C=O) groups excluding carboxylic acids is 3. The van der Waals surface area contributed by atoms with Gasteiger partial charge in [0.05, 0.1) is 25.1 Å². The molecule has 5 aromatic rings. The molecule has 10 heteroatoms. The van der Waals surface area contributed by atoms with Gasteiger partial charge in [0.15, 0.2) is 5.78 Å². The molecule has 0 bridgehead atoms. The highest BCUT2D eigenvalue weighted by Crippen LogP contribution is 2.35. The number of amides is 2. The van der Waals surface area contributed by atoms with Gasteiger partial charge in [-0.15, -0.1) is 0 Å². The van der Waals surface area contributed by atoms with Crippen LogP contribution in [0.1, 0.15) is 62.4 Å². The summed E-state index contributed by atoms with van der Waals surface area (Å²) in [6.45, 7) is 2.54. The van der Waals surface area contributed by atoms with E-state index in [9.17, 15) is 24.3 Å². The number of carboxylic acid groups (broad SMARTS) is 1. The number of aromatic amines is 1. The van der Waals surface area contributed by atoms with Crippen molar-refractivity contribution in [1.82, 2.24) is 10.3 Å². The Kier molecular flexibility index (Phi) is 9.60. The lowest BCUT2D eigenvalue weighted by atomic mass is 9.89. The number of H-pyrrole nitrogens is 1. The molecule has 266 valence electrons. The number of anilines is 1. The number of carbonyl (C=O) groups is 4. The number of para-hydroxylation sites is 1. The number of benzene rings is 4. The molecule has 0 aliphatic carbocycles. The van der Waals surface area contributed by atoms with Gasteiger partial charge in [0, 0.05) is 53.5 Å². The molecule has 1 aromatic heterocycles. The van der Waals surface area contributed by atoms with Crippen LogP contribution in [0.2, 0.25) is 0 Å². The number of hydrogen-bond donors (Lipinski definition) is 3. The van der Waals surface area contributed by atoms with Crippen LogP contribution in [0.3, 0.4) is 0 Å². The largest absolute Gasteiger partial charge is 0.496 e. The molecule has 0 saturated heterocycles. The smallest absolute Gasteiger partial charge is 0.305 e. The lowest BCUT2D eigenvalue weighted by molar-refractivity contribution is -0.137. The molecule has 53 heavy (non-hydrogen) atoms. The minimum Gasteiger partial charge on any atom is -0.496 e. The number of Topliss-reactive ketones (excluding diaryl/α,β-unsaturated/α-hetero) is 1. The van der Waals surface area contributed by atoms with Gasteiger partial charge in [-0.05, 0) is 78.1 Å². The fourth-order valence-electron chi connectivity index (χ4n) is 6.94. The zero-order chi connectivity index (χ0) is 37.1. The Bertz CT molecular complexity index is 2270. The molecule has 10 nitrogen and oxygen atoms in total. The zero-order valence-corrected chi connectivity index (χ0v) is 29.3. The Labute approximate surface area is 306 Å². The third kappa shape index (κ3) is 7.30. The van der Waals surface area contributed by atoms with Crippen molar-refractivity contribution in [3.63, 3.8) is 0 Å². The molecule has 2 amide bonds. The van der Waals surface area contributed by atoms with Crippen LogP contribution in [0.4, 0.5) is 5.69 Å². The van der Waals surface area contributed by atoms with Crippen LogP contribution in [0, 0.1) is 0 Å². The Morgan fingerprint density at radius 2 is 1.70 bits per heavy atom. The summed E-state index contributed by atoms with van der Waals surface area (Å²) in [5.41, 5.74) is 6.50. The highest BCUT2D eigenvalue weighted by molar-refractivity contribution is 6.15. The van der Waals surface area contributed by atoms with Gasteiger partial charge in [0.2, 0.25) is 0 Å². The summed E-state index contributed by atoms with van der Waals surface area (Å²) in [6, 6.07) is 30.5. The number of hydrogen-bond acceptors (Lipinski definition) is 6. The van der Waals surface area contributed by atoms with Gasteiger partial charge in [-0.3, -0.25) is 24.2 Å². The van der Waals surface area contributed by atoms with Crippen LogP contribution < -0.4 is 15.0 Å². The van der Waals surface area contributed by atoms with E-state index in [0.29, 0.717) is 34.6 Å². The molecule has 7 rings (SSSR count). The lowest BCUT2D eigenvalue weighted by Crippen LogP contribution is -2.30. The average molecular weight is 707 g/mol. The van der Waals surface area contributed by atoms with Crippen molar-refractivity contribution in [2.75, 3.05) is 18.6 Å². The number of allylic oxidation sites excluding steroid dienone is 1. The highest BCUT2D eigenvalue weighted by atomic mass is 16.5. The van der Waals surface area contributed by atoms with Crippen LogP contribution in [0.15, 0.2) is 126 Å². The van der Waals surface area contributed by atoms with Gasteiger partial charge in [-0.25, -0.2) is 0 Å². The first-order chi connectivity index (χ1) is 25.6. The number of methoxy groups -OCH3 is 1. The molecular formula is C43H38N4O6. The first-order valence-electron chi connectivity index (χ1n) is 17.4. The minimum absolute atomic E-state index is 0.0669. The SMILES string of the molecule is COc1cc(CC(=O)C2=CC(C)(c3ccc(C(CC(=O)O)NC(=O)c4ccccc4)cc3)N=C2)ccc1-c1cc(C(=O)N2CCc3ccccc32)c[nH]1. The maximum atomic E-state index is 13.5. The van der Waals surface area contributed by atoms with Crippen molar-refractivity contribution in [3.05, 3.63) is 154 Å². The van der Waals surface area contributed by atoms with Crippen LogP contribution >= 0.6 is 0 Å². The van der Waals surface area contributed by atoms with Crippen molar-refractivity contribution in [2.45, 2.75) is 37.8 Å². The van der Waals surface area contributed by atoms with Gasteiger partial charge in [-0.1, -0.05) is 66.7 Å². The standard InChI is InChI=1S/C43H38N4O6/c1-43(33-15-13-28(14-16-33)35(23-40(49)50)46-41(51)30-9-4-3-5-10-30)24-32(26-45-43)38(48)20-27-12-17-34(39(21-27)53-2)36-22-31(25-44-36)42(52)47-19-18-29-8-6-7-11-37(29)47/h3-17,21-22,24-26,35,44H,18-20,23H2,1-2H3,(H,46,51)(H,49,50). The van der Waals surface area contributed by atoms with Crippen molar-refractivity contribution < 1.29 is 29.0 Å². The second-order valence-electron chi connectivity index (χ2n) is 13.4. The third-order valence-electron chi connectivity index (χ3n) is 9.83. The van der Waals surface area contributed by atoms with E-state index in [4.69, 9.17) is 4.74 Å². The number of rotatable bonds is 12. The second kappa shape index (κ2) is 14.6. The Morgan fingerprint density at radius 3 is 2.45 bits per heavy atom. The summed E-state index contributed by atoms with van der Waals surface area (Å²) in [5, 5.41) is 12.4.